The monoisotopic (exact) mass is 369 g/mol. The molecule has 0 radical (unpaired) electrons. The van der Waals surface area contributed by atoms with Gasteiger partial charge in [0.15, 0.2) is 11.6 Å². The molecule has 8 heteroatoms. The highest BCUT2D eigenvalue weighted by Gasteiger charge is 2.23. The Morgan fingerprint density at radius 2 is 1.81 bits per heavy atom. The van der Waals surface area contributed by atoms with Crippen molar-refractivity contribution in [2.75, 3.05) is 48.5 Å². The van der Waals surface area contributed by atoms with Gasteiger partial charge >= 0.3 is 0 Å². The zero-order chi connectivity index (χ0) is 19.4. The third kappa shape index (κ3) is 4.65. The predicted molar refractivity (Wildman–Crippen MR) is 109 cm³/mol. The van der Waals surface area contributed by atoms with Crippen LogP contribution in [0.15, 0.2) is 30.6 Å². The molecule has 1 fully saturated rings. The summed E-state index contributed by atoms with van der Waals surface area (Å²) in [5.74, 6) is 1.22. The van der Waals surface area contributed by atoms with E-state index in [1.54, 1.807) is 0 Å². The number of nitrogens with two attached hydrogens (primary N) is 1. The lowest BCUT2D eigenvalue weighted by atomic mass is 10.0. The SMILES string of the molecule is CC(=O)Nc1ccc(Nc2ncnc(N(C)C3CCN(C)CC3)c2N)cc1. The number of hydrogen-bond acceptors (Lipinski definition) is 7. The van der Waals surface area contributed by atoms with E-state index in [2.05, 4.69) is 37.4 Å². The Kier molecular flexibility index (Phi) is 5.75. The van der Waals surface area contributed by atoms with Crippen LogP contribution in [0.4, 0.5) is 28.7 Å². The van der Waals surface area contributed by atoms with Crippen molar-refractivity contribution in [1.82, 2.24) is 14.9 Å². The summed E-state index contributed by atoms with van der Waals surface area (Å²) in [5.41, 5.74) is 8.48. The molecule has 8 nitrogen and oxygen atoms in total. The molecule has 27 heavy (non-hydrogen) atoms. The van der Waals surface area contributed by atoms with E-state index in [-0.39, 0.29) is 5.91 Å². The van der Waals surface area contributed by atoms with Gasteiger partial charge in [0.1, 0.15) is 12.0 Å². The van der Waals surface area contributed by atoms with Crippen molar-refractivity contribution in [2.24, 2.45) is 0 Å². The average Bonchev–Trinajstić information content (AvgIpc) is 2.65. The van der Waals surface area contributed by atoms with Gasteiger partial charge in [-0.2, -0.15) is 0 Å². The van der Waals surface area contributed by atoms with Gasteiger partial charge in [-0.05, 0) is 57.2 Å². The average molecular weight is 369 g/mol. The van der Waals surface area contributed by atoms with Crippen molar-refractivity contribution in [3.8, 4) is 0 Å². The third-order valence-electron chi connectivity index (χ3n) is 4.90. The van der Waals surface area contributed by atoms with Crippen LogP contribution >= 0.6 is 0 Å². The first-order valence-corrected chi connectivity index (χ1v) is 9.10. The van der Waals surface area contributed by atoms with Gasteiger partial charge in [0.25, 0.3) is 0 Å². The van der Waals surface area contributed by atoms with E-state index >= 15 is 0 Å². The summed E-state index contributed by atoms with van der Waals surface area (Å²) in [7, 11) is 4.19. The number of carbonyl (C=O) groups is 1. The summed E-state index contributed by atoms with van der Waals surface area (Å²) in [6, 6.07) is 7.81. The van der Waals surface area contributed by atoms with Crippen LogP contribution in [-0.2, 0) is 4.79 Å². The number of aromatic nitrogens is 2. The minimum absolute atomic E-state index is 0.0997. The molecule has 0 atom stereocenters. The fourth-order valence-electron chi connectivity index (χ4n) is 3.30. The lowest BCUT2D eigenvalue weighted by Gasteiger charge is -2.36. The number of piperidine rings is 1. The standard InChI is InChI=1S/C19H27N7O/c1-13(27)23-14-4-6-15(7-5-14)24-18-17(20)19(22-12-21-18)26(3)16-8-10-25(2)11-9-16/h4-7,12,16H,8-11,20H2,1-3H3,(H,23,27)(H,21,22,24). The number of amides is 1. The largest absolute Gasteiger partial charge is 0.393 e. The first kappa shape index (κ1) is 18.9. The van der Waals surface area contributed by atoms with Gasteiger partial charge in [0, 0.05) is 31.4 Å². The molecule has 2 aromatic rings. The molecule has 0 unspecified atom stereocenters. The van der Waals surface area contributed by atoms with Crippen LogP contribution in [0.25, 0.3) is 0 Å². The van der Waals surface area contributed by atoms with Crippen molar-refractivity contribution in [1.29, 1.82) is 0 Å². The Balaban J connectivity index is 1.73. The minimum Gasteiger partial charge on any atom is -0.393 e. The van der Waals surface area contributed by atoms with Crippen LogP contribution < -0.4 is 21.3 Å². The molecule has 1 aliphatic rings. The van der Waals surface area contributed by atoms with Crippen molar-refractivity contribution in [3.05, 3.63) is 30.6 Å². The summed E-state index contributed by atoms with van der Waals surface area (Å²) in [4.78, 5) is 24.3. The van der Waals surface area contributed by atoms with Crippen molar-refractivity contribution in [3.63, 3.8) is 0 Å². The second-order valence-corrected chi connectivity index (χ2v) is 6.99. The van der Waals surface area contributed by atoms with E-state index in [1.165, 1.54) is 13.3 Å². The van der Waals surface area contributed by atoms with Crippen LogP contribution in [0.1, 0.15) is 19.8 Å². The number of rotatable bonds is 5. The molecule has 1 aliphatic heterocycles. The second kappa shape index (κ2) is 8.22. The molecule has 2 heterocycles. The van der Waals surface area contributed by atoms with E-state index in [9.17, 15) is 4.79 Å². The summed E-state index contributed by atoms with van der Waals surface area (Å²) >= 11 is 0. The van der Waals surface area contributed by atoms with Crippen molar-refractivity contribution in [2.45, 2.75) is 25.8 Å². The quantitative estimate of drug-likeness (QED) is 0.743. The maximum Gasteiger partial charge on any atom is 0.221 e. The van der Waals surface area contributed by atoms with E-state index in [0.717, 1.165) is 43.1 Å². The molecule has 0 bridgehead atoms. The van der Waals surface area contributed by atoms with Gasteiger partial charge in [-0.15, -0.1) is 0 Å². The van der Waals surface area contributed by atoms with Crippen LogP contribution in [0.3, 0.4) is 0 Å². The van der Waals surface area contributed by atoms with Crippen molar-refractivity contribution >= 4 is 34.6 Å². The Hall–Kier alpha value is -2.87. The van der Waals surface area contributed by atoms with Crippen LogP contribution in [-0.4, -0.2) is 54.0 Å². The van der Waals surface area contributed by atoms with E-state index in [1.807, 2.05) is 31.3 Å². The minimum atomic E-state index is -0.0997. The smallest absolute Gasteiger partial charge is 0.221 e. The normalized spacial score (nSPS) is 15.4. The maximum absolute atomic E-state index is 11.1. The predicted octanol–water partition coefficient (Wildman–Crippen LogP) is 2.29. The molecule has 1 aromatic heterocycles. The molecule has 0 spiro atoms. The lowest BCUT2D eigenvalue weighted by Crippen LogP contribution is -2.42. The fraction of sp³-hybridized carbons (Fsp3) is 0.421. The first-order chi connectivity index (χ1) is 12.9. The fourth-order valence-corrected chi connectivity index (χ4v) is 3.30. The number of nitrogens with one attached hydrogen (secondary N) is 2. The van der Waals surface area contributed by atoms with Crippen LogP contribution in [0, 0.1) is 0 Å². The Morgan fingerprint density at radius 1 is 1.19 bits per heavy atom. The van der Waals surface area contributed by atoms with Crippen LogP contribution in [0.5, 0.6) is 0 Å². The molecule has 0 saturated carbocycles. The molecular weight excluding hydrogens is 342 g/mol. The summed E-state index contributed by atoms with van der Waals surface area (Å²) in [6.07, 6.45) is 3.71. The molecule has 1 aromatic carbocycles. The highest BCUT2D eigenvalue weighted by molar-refractivity contribution is 5.89. The first-order valence-electron chi connectivity index (χ1n) is 9.10. The lowest BCUT2D eigenvalue weighted by molar-refractivity contribution is -0.114. The molecule has 3 rings (SSSR count). The van der Waals surface area contributed by atoms with Gasteiger partial charge in [-0.25, -0.2) is 9.97 Å². The summed E-state index contributed by atoms with van der Waals surface area (Å²) in [5, 5.41) is 5.98. The Labute approximate surface area is 159 Å². The zero-order valence-electron chi connectivity index (χ0n) is 16.1. The number of hydrogen-bond donors (Lipinski definition) is 3. The van der Waals surface area contributed by atoms with Crippen LogP contribution in [0.2, 0.25) is 0 Å². The van der Waals surface area contributed by atoms with Gasteiger partial charge in [-0.3, -0.25) is 4.79 Å². The van der Waals surface area contributed by atoms with E-state index in [4.69, 9.17) is 5.73 Å². The third-order valence-corrected chi connectivity index (χ3v) is 4.90. The number of anilines is 5. The topological polar surface area (TPSA) is 99.4 Å². The number of likely N-dealkylation sites (tertiary alicyclic amines) is 1. The zero-order valence-corrected chi connectivity index (χ0v) is 16.1. The highest BCUT2D eigenvalue weighted by atomic mass is 16.1. The number of carbonyl (C=O) groups excluding carboxylic acids is 1. The highest BCUT2D eigenvalue weighted by Crippen LogP contribution is 2.30. The van der Waals surface area contributed by atoms with Crippen molar-refractivity contribution < 1.29 is 4.79 Å². The molecule has 4 N–H and O–H groups in total. The Bertz CT molecular complexity index is 785. The van der Waals surface area contributed by atoms with E-state index < -0.39 is 0 Å². The molecule has 0 aliphatic carbocycles. The summed E-state index contributed by atoms with van der Waals surface area (Å²) < 4.78 is 0. The molecule has 144 valence electrons. The molecule has 1 saturated heterocycles. The number of nitrogen functional groups attached to an aromatic ring is 1. The van der Waals surface area contributed by atoms with Gasteiger partial charge in [0.05, 0.1) is 0 Å². The van der Waals surface area contributed by atoms with Gasteiger partial charge < -0.3 is 26.2 Å². The second-order valence-electron chi connectivity index (χ2n) is 6.99. The van der Waals surface area contributed by atoms with Gasteiger partial charge in [-0.1, -0.05) is 0 Å². The number of benzene rings is 1. The van der Waals surface area contributed by atoms with E-state index in [0.29, 0.717) is 17.5 Å². The maximum atomic E-state index is 11.1. The van der Waals surface area contributed by atoms with Gasteiger partial charge in [0.2, 0.25) is 5.91 Å². The number of nitrogens with zero attached hydrogens (tertiary/aromatic N) is 4. The molecule has 1 amide bonds. The molecular formula is C19H27N7O. The Morgan fingerprint density at radius 3 is 2.44 bits per heavy atom. The summed E-state index contributed by atoms with van der Waals surface area (Å²) in [6.45, 7) is 3.63.